The van der Waals surface area contributed by atoms with E-state index in [2.05, 4.69) is 26.0 Å². The summed E-state index contributed by atoms with van der Waals surface area (Å²) < 4.78 is 23.4. The predicted molar refractivity (Wildman–Crippen MR) is 161 cm³/mol. The summed E-state index contributed by atoms with van der Waals surface area (Å²) in [7, 11) is 1.54. The van der Waals surface area contributed by atoms with Crippen LogP contribution in [0.1, 0.15) is 54.4 Å². The minimum Gasteiger partial charge on any atom is -0.504 e. The van der Waals surface area contributed by atoms with Gasteiger partial charge in [0.15, 0.2) is 28.4 Å². The van der Waals surface area contributed by atoms with E-state index in [4.69, 9.17) is 18.6 Å². The number of rotatable bonds is 7. The molecule has 0 saturated carbocycles. The molecule has 8 nitrogen and oxygen atoms in total. The number of fused-ring (bicyclic) bond motifs is 3. The first-order valence-corrected chi connectivity index (χ1v) is 14.0. The van der Waals surface area contributed by atoms with Crippen molar-refractivity contribution in [1.82, 2.24) is 0 Å². The number of esters is 1. The maximum Gasteiger partial charge on any atom is 0.312 e. The molecule has 4 aromatic carbocycles. The summed E-state index contributed by atoms with van der Waals surface area (Å²) in [6, 6.07) is 23.8. The molecule has 5 aromatic rings. The third kappa shape index (κ3) is 5.16. The second-order valence-corrected chi connectivity index (χ2v) is 10.8. The summed E-state index contributed by atoms with van der Waals surface area (Å²) in [5.41, 5.74) is 3.25. The number of hydrogen-bond acceptors (Lipinski definition) is 8. The lowest BCUT2D eigenvalue weighted by Gasteiger charge is -2.27. The zero-order chi connectivity index (χ0) is 30.2. The van der Waals surface area contributed by atoms with Crippen molar-refractivity contribution in [2.24, 2.45) is 0 Å². The lowest BCUT2D eigenvalue weighted by atomic mass is 9.84. The van der Waals surface area contributed by atoms with Gasteiger partial charge in [0, 0.05) is 17.5 Å². The average molecular weight is 579 g/mol. The average Bonchev–Trinajstić information content (AvgIpc) is 3.02. The molecule has 2 heterocycles. The van der Waals surface area contributed by atoms with Crippen LogP contribution in [0.2, 0.25) is 0 Å². The Morgan fingerprint density at radius 2 is 1.65 bits per heavy atom. The number of hydrogen-bond donors (Lipinski definition) is 2. The topological polar surface area (TPSA) is 115 Å². The van der Waals surface area contributed by atoms with Crippen molar-refractivity contribution in [2.75, 3.05) is 7.11 Å². The second-order valence-electron chi connectivity index (χ2n) is 10.8. The quantitative estimate of drug-likeness (QED) is 0.120. The Kier molecular flexibility index (Phi) is 7.27. The zero-order valence-electron chi connectivity index (χ0n) is 23.9. The Morgan fingerprint density at radius 3 is 2.35 bits per heavy atom. The van der Waals surface area contributed by atoms with Crippen molar-refractivity contribution < 1.29 is 33.6 Å². The minimum absolute atomic E-state index is 0.0256. The molecule has 0 saturated heterocycles. The molecular formula is C35H30O8. The highest BCUT2D eigenvalue weighted by molar-refractivity contribution is 5.96. The van der Waals surface area contributed by atoms with E-state index in [1.165, 1.54) is 11.6 Å². The molecule has 1 aliphatic heterocycles. The highest BCUT2D eigenvalue weighted by Crippen LogP contribution is 2.52. The van der Waals surface area contributed by atoms with Crippen LogP contribution in [0, 0.1) is 0 Å². The van der Waals surface area contributed by atoms with E-state index in [1.807, 2.05) is 30.3 Å². The Bertz CT molecular complexity index is 1890. The summed E-state index contributed by atoms with van der Waals surface area (Å²) in [5, 5.41) is 21.5. The van der Waals surface area contributed by atoms with Gasteiger partial charge in [0.25, 0.3) is 0 Å². The number of carbonyl (C=O) groups is 1. The first-order chi connectivity index (χ1) is 20.7. The van der Waals surface area contributed by atoms with E-state index in [0.29, 0.717) is 28.5 Å². The van der Waals surface area contributed by atoms with Crippen LogP contribution in [0.25, 0.3) is 22.3 Å². The third-order valence-electron chi connectivity index (χ3n) is 7.74. The van der Waals surface area contributed by atoms with Gasteiger partial charge in [-0.25, -0.2) is 0 Å². The van der Waals surface area contributed by atoms with Crippen LogP contribution in [-0.2, 0) is 11.4 Å². The molecular weight excluding hydrogens is 548 g/mol. The number of phenols is 2. The molecule has 0 spiro atoms. The molecule has 0 fully saturated rings. The Labute approximate surface area is 247 Å². The van der Waals surface area contributed by atoms with Crippen molar-refractivity contribution in [3.05, 3.63) is 111 Å². The second kappa shape index (κ2) is 11.2. The Balaban J connectivity index is 1.47. The molecule has 2 N–H and O–H groups in total. The van der Waals surface area contributed by atoms with Gasteiger partial charge in [0.05, 0.1) is 19.1 Å². The van der Waals surface area contributed by atoms with E-state index in [-0.39, 0.29) is 41.1 Å². The molecule has 6 rings (SSSR count). The van der Waals surface area contributed by atoms with Crippen LogP contribution in [0.3, 0.4) is 0 Å². The van der Waals surface area contributed by atoms with Gasteiger partial charge >= 0.3 is 5.97 Å². The number of carbonyl (C=O) groups excluding carboxylic acids is 1. The van der Waals surface area contributed by atoms with E-state index < -0.39 is 28.8 Å². The van der Waals surface area contributed by atoms with Crippen molar-refractivity contribution in [2.45, 2.75) is 38.7 Å². The number of methoxy groups -OCH3 is 1. The minimum atomic E-state index is -0.710. The smallest absolute Gasteiger partial charge is 0.312 e. The van der Waals surface area contributed by atoms with E-state index >= 15 is 0 Å². The fourth-order valence-electron chi connectivity index (χ4n) is 5.42. The molecule has 0 aliphatic carbocycles. The van der Waals surface area contributed by atoms with Gasteiger partial charge in [-0.2, -0.15) is 0 Å². The SMILES string of the molecule is COc1ccc(C2CC(=O)Oc3c(O)c(O)c4c(=O)cc(-c5ccccc5)oc4c32)cc1OCc1ccc(C(C)C)cc1. The molecule has 43 heavy (non-hydrogen) atoms. The predicted octanol–water partition coefficient (Wildman–Crippen LogP) is 7.02. The van der Waals surface area contributed by atoms with Gasteiger partial charge in [-0.3, -0.25) is 9.59 Å². The van der Waals surface area contributed by atoms with Gasteiger partial charge < -0.3 is 28.8 Å². The monoisotopic (exact) mass is 578 g/mol. The van der Waals surface area contributed by atoms with E-state index in [1.54, 1.807) is 37.4 Å². The number of ether oxygens (including phenoxy) is 3. The lowest BCUT2D eigenvalue weighted by Crippen LogP contribution is -2.22. The number of aromatic hydroxyl groups is 2. The zero-order valence-corrected chi connectivity index (χ0v) is 23.9. The van der Waals surface area contributed by atoms with Crippen molar-refractivity contribution in [3.8, 4) is 40.1 Å². The lowest BCUT2D eigenvalue weighted by molar-refractivity contribution is -0.135. The fourth-order valence-corrected chi connectivity index (χ4v) is 5.42. The molecule has 0 radical (unpaired) electrons. The van der Waals surface area contributed by atoms with Gasteiger partial charge in [0.1, 0.15) is 23.3 Å². The molecule has 1 aromatic heterocycles. The van der Waals surface area contributed by atoms with Crippen LogP contribution in [0.5, 0.6) is 28.7 Å². The highest BCUT2D eigenvalue weighted by atomic mass is 16.5. The first kappa shape index (κ1) is 27.9. The normalized spacial score (nSPS) is 14.4. The summed E-state index contributed by atoms with van der Waals surface area (Å²) in [6.07, 6.45) is -0.103. The van der Waals surface area contributed by atoms with E-state index in [9.17, 15) is 19.8 Å². The standard InChI is InChI=1S/C35H30O8/c1-19(2)21-11-9-20(10-12-21)18-41-28-15-23(13-14-26(28)40-3)24-16-29(37)43-35-30(24)34-31(32(38)33(35)39)25(36)17-27(42-34)22-7-5-4-6-8-22/h4-15,17,19,24,38-39H,16,18H2,1-3H3. The summed E-state index contributed by atoms with van der Waals surface area (Å²) in [6.45, 7) is 4.56. The van der Waals surface area contributed by atoms with Crippen molar-refractivity contribution >= 4 is 16.9 Å². The summed E-state index contributed by atoms with van der Waals surface area (Å²) in [5.74, 6) is -1.33. The van der Waals surface area contributed by atoms with Crippen molar-refractivity contribution in [3.63, 3.8) is 0 Å². The Hall–Kier alpha value is -5.24. The maximum atomic E-state index is 13.3. The summed E-state index contributed by atoms with van der Waals surface area (Å²) >= 11 is 0. The van der Waals surface area contributed by atoms with Crippen molar-refractivity contribution in [1.29, 1.82) is 0 Å². The van der Waals surface area contributed by atoms with Crippen LogP contribution in [0.15, 0.2) is 88.1 Å². The molecule has 8 heteroatoms. The highest BCUT2D eigenvalue weighted by Gasteiger charge is 2.37. The summed E-state index contributed by atoms with van der Waals surface area (Å²) in [4.78, 5) is 26.1. The van der Waals surface area contributed by atoms with Crippen LogP contribution in [-0.4, -0.2) is 23.3 Å². The molecule has 0 amide bonds. The van der Waals surface area contributed by atoms with Crippen LogP contribution < -0.4 is 19.6 Å². The molecule has 1 atom stereocenters. The van der Waals surface area contributed by atoms with Gasteiger partial charge in [-0.15, -0.1) is 0 Å². The largest absolute Gasteiger partial charge is 0.504 e. The first-order valence-electron chi connectivity index (χ1n) is 14.0. The molecule has 1 unspecified atom stereocenters. The molecule has 218 valence electrons. The van der Waals surface area contributed by atoms with Crippen LogP contribution >= 0.6 is 0 Å². The molecule has 1 aliphatic rings. The number of benzene rings is 4. The van der Waals surface area contributed by atoms with Gasteiger partial charge in [-0.05, 0) is 34.7 Å². The molecule has 0 bridgehead atoms. The van der Waals surface area contributed by atoms with Gasteiger partial charge in [0.2, 0.25) is 5.75 Å². The van der Waals surface area contributed by atoms with E-state index in [0.717, 1.165) is 5.56 Å². The third-order valence-corrected chi connectivity index (χ3v) is 7.74. The number of phenolic OH excluding ortho intramolecular Hbond substituents is 2. The fraction of sp³-hybridized carbons (Fsp3) is 0.200. The van der Waals surface area contributed by atoms with Crippen LogP contribution in [0.4, 0.5) is 0 Å². The maximum absolute atomic E-state index is 13.3. The van der Waals surface area contributed by atoms with Gasteiger partial charge in [-0.1, -0.05) is 74.5 Å². The Morgan fingerprint density at radius 1 is 0.907 bits per heavy atom.